The van der Waals surface area contributed by atoms with Crippen LogP contribution in [0.25, 0.3) is 11.4 Å². The van der Waals surface area contributed by atoms with Gasteiger partial charge in [-0.2, -0.15) is 0 Å². The second-order valence-electron chi connectivity index (χ2n) is 8.26. The van der Waals surface area contributed by atoms with E-state index in [2.05, 4.69) is 25.9 Å². The number of primary sulfonamides is 1. The summed E-state index contributed by atoms with van der Waals surface area (Å²) < 4.78 is 52.5. The number of hydrogen-bond donors (Lipinski definition) is 4. The lowest BCUT2D eigenvalue weighted by Gasteiger charge is -2.29. The highest BCUT2D eigenvalue weighted by Crippen LogP contribution is 2.42. The average molecular weight is 470 g/mol. The molecule has 4 rings (SSSR count). The number of aromatic amines is 1. The molecular formula is C18H27N7O4S2. The zero-order valence-corrected chi connectivity index (χ0v) is 18.6. The summed E-state index contributed by atoms with van der Waals surface area (Å²) in [6, 6.07) is 3.17. The molecule has 1 aliphatic carbocycles. The third-order valence-corrected chi connectivity index (χ3v) is 9.69. The maximum atomic E-state index is 13.5. The number of hydrogen-bond acceptors (Lipinski definition) is 9. The molecule has 0 unspecified atom stereocenters. The Morgan fingerprint density at radius 1 is 0.968 bits per heavy atom. The molecule has 1 saturated heterocycles. The summed E-state index contributed by atoms with van der Waals surface area (Å²) in [5.74, 6) is 0.0762. The van der Waals surface area contributed by atoms with Crippen molar-refractivity contribution in [1.82, 2.24) is 25.9 Å². The molecule has 2 aromatic rings. The van der Waals surface area contributed by atoms with Gasteiger partial charge < -0.3 is 11.1 Å². The highest BCUT2D eigenvalue weighted by Gasteiger charge is 2.37. The molecule has 1 aromatic heterocycles. The maximum Gasteiger partial charge on any atom is 0.240 e. The van der Waals surface area contributed by atoms with Crippen molar-refractivity contribution in [2.24, 2.45) is 10.9 Å². The zero-order valence-electron chi connectivity index (χ0n) is 17.0. The Bertz CT molecular complexity index is 1140. The molecule has 2 heterocycles. The molecule has 2 aliphatic rings. The second kappa shape index (κ2) is 8.54. The largest absolute Gasteiger partial charge is 0.328 e. The standard InChI is InChI=1S/C18H27N7O4S2/c19-12-3-1-11(2-4-12)14-5-6-15(30(26,27)13-7-9-21-10-8-13)17(31(20,28)29)16(14)18-22-24-25-23-18/h5-6,11-13,21H,1-4,7-10,19H2,(H2,20,28,29)(H,22,23,24,25)/t11-,12-. The van der Waals surface area contributed by atoms with Gasteiger partial charge >= 0.3 is 0 Å². The van der Waals surface area contributed by atoms with Gasteiger partial charge in [-0.05, 0) is 79.6 Å². The van der Waals surface area contributed by atoms with E-state index in [4.69, 9.17) is 10.9 Å². The van der Waals surface area contributed by atoms with E-state index in [0.29, 0.717) is 31.5 Å². The SMILES string of the molecule is NS(=O)(=O)c1c(S(=O)(=O)C2CCNCC2)ccc([C@H]2CC[C@H](N)CC2)c1-c1nnn[nH]1. The number of H-pyrrole nitrogens is 1. The van der Waals surface area contributed by atoms with Crippen LogP contribution in [0.1, 0.15) is 50.0 Å². The number of rotatable bonds is 5. The van der Waals surface area contributed by atoms with Crippen molar-refractivity contribution in [3.8, 4) is 11.4 Å². The first-order chi connectivity index (χ1) is 14.7. The van der Waals surface area contributed by atoms with Crippen molar-refractivity contribution in [3.05, 3.63) is 17.7 Å². The average Bonchev–Trinajstić information content (AvgIpc) is 3.28. The predicted octanol–water partition coefficient (Wildman–Crippen LogP) is 0.0247. The first kappa shape index (κ1) is 22.3. The minimum absolute atomic E-state index is 0.00367. The lowest BCUT2D eigenvalue weighted by atomic mass is 9.80. The summed E-state index contributed by atoms with van der Waals surface area (Å²) in [4.78, 5) is -0.721. The van der Waals surface area contributed by atoms with Crippen LogP contribution in [-0.2, 0) is 19.9 Å². The van der Waals surface area contributed by atoms with E-state index in [1.165, 1.54) is 6.07 Å². The molecule has 0 atom stereocenters. The zero-order chi connectivity index (χ0) is 22.2. The van der Waals surface area contributed by atoms with Gasteiger partial charge in [0, 0.05) is 11.6 Å². The lowest BCUT2D eigenvalue weighted by molar-refractivity contribution is 0.395. The summed E-state index contributed by atoms with van der Waals surface area (Å²) in [5, 5.41) is 21.7. The smallest absolute Gasteiger partial charge is 0.240 e. The number of sulfone groups is 1. The Kier molecular flexibility index (Phi) is 6.14. The van der Waals surface area contributed by atoms with Gasteiger partial charge in [-0.15, -0.1) is 5.10 Å². The number of sulfonamides is 1. The van der Waals surface area contributed by atoms with Gasteiger partial charge in [0.15, 0.2) is 15.7 Å². The summed E-state index contributed by atoms with van der Waals surface area (Å²) in [6.07, 6.45) is 3.87. The van der Waals surface area contributed by atoms with Crippen molar-refractivity contribution < 1.29 is 16.8 Å². The van der Waals surface area contributed by atoms with Gasteiger partial charge in [-0.3, -0.25) is 0 Å². The molecule has 0 spiro atoms. The van der Waals surface area contributed by atoms with Crippen molar-refractivity contribution in [3.63, 3.8) is 0 Å². The molecule has 1 saturated carbocycles. The van der Waals surface area contributed by atoms with Gasteiger partial charge in [0.1, 0.15) is 4.90 Å². The molecule has 0 radical (unpaired) electrons. The Balaban J connectivity index is 1.95. The highest BCUT2D eigenvalue weighted by atomic mass is 32.2. The number of tetrazole rings is 1. The van der Waals surface area contributed by atoms with Gasteiger partial charge in [-0.25, -0.2) is 27.1 Å². The first-order valence-corrected chi connectivity index (χ1v) is 13.4. The number of aromatic nitrogens is 4. The van der Waals surface area contributed by atoms with Crippen LogP contribution < -0.4 is 16.2 Å². The Hall–Kier alpha value is -1.93. The van der Waals surface area contributed by atoms with Crippen molar-refractivity contribution in [2.75, 3.05) is 13.1 Å². The molecule has 0 bridgehead atoms. The van der Waals surface area contributed by atoms with Crippen molar-refractivity contribution >= 4 is 19.9 Å². The maximum absolute atomic E-state index is 13.5. The fraction of sp³-hybridized carbons (Fsp3) is 0.611. The number of nitrogens with zero attached hydrogens (tertiary/aromatic N) is 3. The molecule has 1 aliphatic heterocycles. The van der Waals surface area contributed by atoms with Crippen LogP contribution in [0.3, 0.4) is 0 Å². The minimum atomic E-state index is -4.42. The Morgan fingerprint density at radius 2 is 1.65 bits per heavy atom. The highest BCUT2D eigenvalue weighted by molar-refractivity contribution is 7.94. The lowest BCUT2D eigenvalue weighted by Crippen LogP contribution is -2.36. The van der Waals surface area contributed by atoms with Crippen molar-refractivity contribution in [2.45, 2.75) is 65.5 Å². The Morgan fingerprint density at radius 3 is 2.23 bits per heavy atom. The molecule has 13 heteroatoms. The minimum Gasteiger partial charge on any atom is -0.328 e. The molecular weight excluding hydrogens is 442 g/mol. The fourth-order valence-corrected chi connectivity index (χ4v) is 8.03. The van der Waals surface area contributed by atoms with Crippen LogP contribution in [0.4, 0.5) is 0 Å². The molecule has 1 aromatic carbocycles. The van der Waals surface area contributed by atoms with Gasteiger partial charge in [-0.1, -0.05) is 6.07 Å². The first-order valence-electron chi connectivity index (χ1n) is 10.3. The van der Waals surface area contributed by atoms with Gasteiger partial charge in [0.25, 0.3) is 0 Å². The topological polar surface area (TPSA) is 187 Å². The number of piperidine rings is 1. The van der Waals surface area contributed by atoms with E-state index in [-0.39, 0.29) is 28.2 Å². The quantitative estimate of drug-likeness (QED) is 0.468. The van der Waals surface area contributed by atoms with Crippen LogP contribution in [0, 0.1) is 0 Å². The van der Waals surface area contributed by atoms with Crippen LogP contribution in [0.5, 0.6) is 0 Å². The van der Waals surface area contributed by atoms with E-state index >= 15 is 0 Å². The van der Waals surface area contributed by atoms with Crippen LogP contribution in [0.2, 0.25) is 0 Å². The molecule has 2 fully saturated rings. The number of nitrogens with two attached hydrogens (primary N) is 2. The third kappa shape index (κ3) is 4.37. The van der Waals surface area contributed by atoms with E-state index in [9.17, 15) is 16.8 Å². The van der Waals surface area contributed by atoms with E-state index in [1.54, 1.807) is 6.07 Å². The normalized spacial score (nSPS) is 23.7. The molecule has 11 nitrogen and oxygen atoms in total. The van der Waals surface area contributed by atoms with Gasteiger partial charge in [0.2, 0.25) is 10.0 Å². The summed E-state index contributed by atoms with van der Waals surface area (Å²) in [6.45, 7) is 1.10. The monoisotopic (exact) mass is 469 g/mol. The number of nitrogens with one attached hydrogen (secondary N) is 2. The van der Waals surface area contributed by atoms with E-state index in [0.717, 1.165) is 25.7 Å². The van der Waals surface area contributed by atoms with E-state index in [1.807, 2.05) is 0 Å². The Labute approximate surface area is 181 Å². The summed E-state index contributed by atoms with van der Waals surface area (Å²) in [7, 11) is -8.37. The third-order valence-electron chi connectivity index (χ3n) is 6.26. The summed E-state index contributed by atoms with van der Waals surface area (Å²) >= 11 is 0. The fourth-order valence-electron chi connectivity index (χ4n) is 4.65. The van der Waals surface area contributed by atoms with Crippen LogP contribution in [0.15, 0.2) is 21.9 Å². The van der Waals surface area contributed by atoms with Crippen molar-refractivity contribution in [1.29, 1.82) is 0 Å². The van der Waals surface area contributed by atoms with Crippen LogP contribution in [-0.4, -0.2) is 61.8 Å². The molecule has 6 N–H and O–H groups in total. The number of benzene rings is 1. The van der Waals surface area contributed by atoms with Crippen LogP contribution >= 0.6 is 0 Å². The molecule has 0 amide bonds. The second-order valence-corrected chi connectivity index (χ2v) is 12.0. The molecule has 170 valence electrons. The summed E-state index contributed by atoms with van der Waals surface area (Å²) in [5.41, 5.74) is 6.84. The van der Waals surface area contributed by atoms with Gasteiger partial charge in [0.05, 0.1) is 10.1 Å². The van der Waals surface area contributed by atoms with E-state index < -0.39 is 30.0 Å². The predicted molar refractivity (Wildman–Crippen MR) is 113 cm³/mol. The molecule has 31 heavy (non-hydrogen) atoms.